The molecule has 1 aromatic rings. The number of phenols is 2. The van der Waals surface area contributed by atoms with E-state index in [1.165, 1.54) is 12.1 Å². The summed E-state index contributed by atoms with van der Waals surface area (Å²) in [5.41, 5.74) is 0.149. The second-order valence-corrected chi connectivity index (χ2v) is 3.37. The number of phenolic OH excluding ortho intramolecular Hbond substituents is 1. The Morgan fingerprint density at radius 1 is 1.33 bits per heavy atom. The van der Waals surface area contributed by atoms with Crippen LogP contribution in [0.4, 0.5) is 0 Å². The number of aromatic carboxylic acids is 1. The van der Waals surface area contributed by atoms with E-state index in [1.807, 2.05) is 6.92 Å². The molecule has 0 amide bonds. The molecule has 1 rings (SSSR count). The number of hydrogen-bond acceptors (Lipinski definition) is 3. The SMILES string of the molecule is CCCCc1c(O)ccc(C(=O)O)c1O. The molecule has 1 aromatic carbocycles. The lowest BCUT2D eigenvalue weighted by atomic mass is 10.0. The third-order valence-corrected chi connectivity index (χ3v) is 2.27. The lowest BCUT2D eigenvalue weighted by Crippen LogP contribution is -1.99. The zero-order valence-electron chi connectivity index (χ0n) is 8.53. The highest BCUT2D eigenvalue weighted by molar-refractivity contribution is 5.91. The van der Waals surface area contributed by atoms with Crippen LogP contribution in [-0.2, 0) is 6.42 Å². The number of rotatable bonds is 4. The first kappa shape index (κ1) is 11.4. The molecule has 0 unspecified atom stereocenters. The molecule has 0 heterocycles. The second-order valence-electron chi connectivity index (χ2n) is 3.37. The minimum absolute atomic E-state index is 0.0500. The fourth-order valence-corrected chi connectivity index (χ4v) is 1.40. The van der Waals surface area contributed by atoms with Crippen molar-refractivity contribution in [2.75, 3.05) is 0 Å². The number of aromatic hydroxyl groups is 2. The minimum atomic E-state index is -1.19. The largest absolute Gasteiger partial charge is 0.508 e. The molecular weight excluding hydrogens is 196 g/mol. The fourth-order valence-electron chi connectivity index (χ4n) is 1.40. The molecule has 82 valence electrons. The van der Waals surface area contributed by atoms with Crippen molar-refractivity contribution in [1.82, 2.24) is 0 Å². The molecule has 0 fully saturated rings. The molecule has 0 bridgehead atoms. The Hall–Kier alpha value is -1.71. The van der Waals surface area contributed by atoms with Gasteiger partial charge in [0, 0.05) is 5.56 Å². The summed E-state index contributed by atoms with van der Waals surface area (Å²) < 4.78 is 0. The van der Waals surface area contributed by atoms with E-state index in [0.29, 0.717) is 12.0 Å². The highest BCUT2D eigenvalue weighted by Gasteiger charge is 2.16. The van der Waals surface area contributed by atoms with Gasteiger partial charge in [-0.1, -0.05) is 13.3 Å². The summed E-state index contributed by atoms with van der Waals surface area (Å²) in [4.78, 5) is 10.7. The van der Waals surface area contributed by atoms with Crippen molar-refractivity contribution < 1.29 is 20.1 Å². The van der Waals surface area contributed by atoms with Gasteiger partial charge in [0.15, 0.2) is 0 Å². The second kappa shape index (κ2) is 4.68. The lowest BCUT2D eigenvalue weighted by Gasteiger charge is -2.08. The topological polar surface area (TPSA) is 77.8 Å². The third kappa shape index (κ3) is 2.40. The maximum Gasteiger partial charge on any atom is 0.339 e. The van der Waals surface area contributed by atoms with Crippen LogP contribution in [0.3, 0.4) is 0 Å². The standard InChI is InChI=1S/C11H14O4/c1-2-3-4-7-9(12)6-5-8(10(7)13)11(14)15/h5-6,12-13H,2-4H2,1H3,(H,14,15). The summed E-state index contributed by atoms with van der Waals surface area (Å²) >= 11 is 0. The van der Waals surface area contributed by atoms with Crippen molar-refractivity contribution in [3.8, 4) is 11.5 Å². The first-order chi connectivity index (χ1) is 7.07. The van der Waals surface area contributed by atoms with Gasteiger partial charge in [0.1, 0.15) is 17.1 Å². The first-order valence-corrected chi connectivity index (χ1v) is 4.85. The summed E-state index contributed by atoms with van der Waals surface area (Å²) in [6.45, 7) is 1.98. The molecule has 0 aliphatic carbocycles. The van der Waals surface area contributed by atoms with Gasteiger partial charge in [0.05, 0.1) is 0 Å². The van der Waals surface area contributed by atoms with Gasteiger partial charge in [-0.2, -0.15) is 0 Å². The van der Waals surface area contributed by atoms with E-state index in [1.54, 1.807) is 0 Å². The van der Waals surface area contributed by atoms with Gasteiger partial charge in [-0.25, -0.2) is 4.79 Å². The van der Waals surface area contributed by atoms with E-state index in [4.69, 9.17) is 5.11 Å². The number of benzene rings is 1. The van der Waals surface area contributed by atoms with Gasteiger partial charge in [-0.05, 0) is 25.0 Å². The van der Waals surface area contributed by atoms with E-state index in [2.05, 4.69) is 0 Å². The van der Waals surface area contributed by atoms with E-state index in [9.17, 15) is 15.0 Å². The highest BCUT2D eigenvalue weighted by Crippen LogP contribution is 2.31. The number of carboxylic acid groups (broad SMARTS) is 1. The zero-order chi connectivity index (χ0) is 11.4. The molecule has 0 aliphatic rings. The molecule has 0 aliphatic heterocycles. The first-order valence-electron chi connectivity index (χ1n) is 4.85. The van der Waals surface area contributed by atoms with Gasteiger partial charge < -0.3 is 15.3 Å². The third-order valence-electron chi connectivity index (χ3n) is 2.27. The maximum absolute atomic E-state index is 10.7. The van der Waals surface area contributed by atoms with Crippen LogP contribution >= 0.6 is 0 Å². The van der Waals surface area contributed by atoms with Crippen LogP contribution in [0, 0.1) is 0 Å². The van der Waals surface area contributed by atoms with E-state index in [0.717, 1.165) is 12.8 Å². The zero-order valence-corrected chi connectivity index (χ0v) is 8.53. The van der Waals surface area contributed by atoms with E-state index < -0.39 is 5.97 Å². The molecule has 4 heteroatoms. The molecule has 0 saturated heterocycles. The molecule has 0 radical (unpaired) electrons. The molecule has 4 nitrogen and oxygen atoms in total. The summed E-state index contributed by atoms with van der Waals surface area (Å²) in [6.07, 6.45) is 2.19. The monoisotopic (exact) mass is 210 g/mol. The van der Waals surface area contributed by atoms with Gasteiger partial charge in [0.2, 0.25) is 0 Å². The van der Waals surface area contributed by atoms with Crippen molar-refractivity contribution in [3.05, 3.63) is 23.3 Å². The van der Waals surface area contributed by atoms with Crippen molar-refractivity contribution in [1.29, 1.82) is 0 Å². The summed E-state index contributed by atoms with van der Waals surface area (Å²) in [5, 5.41) is 27.9. The molecule has 0 spiro atoms. The Morgan fingerprint density at radius 2 is 2.00 bits per heavy atom. The smallest absolute Gasteiger partial charge is 0.339 e. The van der Waals surface area contributed by atoms with E-state index in [-0.39, 0.29) is 17.1 Å². The van der Waals surface area contributed by atoms with Crippen LogP contribution in [-0.4, -0.2) is 21.3 Å². The van der Waals surface area contributed by atoms with Crippen LogP contribution in [0.25, 0.3) is 0 Å². The summed E-state index contributed by atoms with van der Waals surface area (Å²) in [6, 6.07) is 2.50. The molecule has 0 saturated carbocycles. The van der Waals surface area contributed by atoms with Crippen LogP contribution in [0.15, 0.2) is 12.1 Å². The average Bonchev–Trinajstić information content (AvgIpc) is 2.17. The number of carboxylic acids is 1. The Balaban J connectivity index is 3.12. The molecule has 0 atom stereocenters. The Kier molecular flexibility index (Phi) is 3.55. The Labute approximate surface area is 87.8 Å². The molecule has 3 N–H and O–H groups in total. The minimum Gasteiger partial charge on any atom is -0.508 e. The molecule has 15 heavy (non-hydrogen) atoms. The van der Waals surface area contributed by atoms with Crippen LogP contribution in [0.5, 0.6) is 11.5 Å². The van der Waals surface area contributed by atoms with Crippen molar-refractivity contribution in [2.24, 2.45) is 0 Å². The van der Waals surface area contributed by atoms with Gasteiger partial charge >= 0.3 is 5.97 Å². The Morgan fingerprint density at radius 3 is 2.53 bits per heavy atom. The van der Waals surface area contributed by atoms with Crippen molar-refractivity contribution in [3.63, 3.8) is 0 Å². The van der Waals surface area contributed by atoms with Gasteiger partial charge in [-0.15, -0.1) is 0 Å². The summed E-state index contributed by atoms with van der Waals surface area (Å²) in [5.74, 6) is -1.56. The molecule has 0 aromatic heterocycles. The lowest BCUT2D eigenvalue weighted by molar-refractivity contribution is 0.0693. The van der Waals surface area contributed by atoms with Crippen LogP contribution < -0.4 is 0 Å². The number of carbonyl (C=O) groups is 1. The Bertz CT molecular complexity index is 371. The predicted molar refractivity (Wildman–Crippen MR) is 55.3 cm³/mol. The van der Waals surface area contributed by atoms with Crippen LogP contribution in [0.1, 0.15) is 35.7 Å². The van der Waals surface area contributed by atoms with Gasteiger partial charge in [-0.3, -0.25) is 0 Å². The van der Waals surface area contributed by atoms with E-state index >= 15 is 0 Å². The molecular formula is C11H14O4. The van der Waals surface area contributed by atoms with Crippen molar-refractivity contribution >= 4 is 5.97 Å². The van der Waals surface area contributed by atoms with Crippen LogP contribution in [0.2, 0.25) is 0 Å². The maximum atomic E-state index is 10.7. The highest BCUT2D eigenvalue weighted by atomic mass is 16.4. The normalized spacial score (nSPS) is 10.2. The number of unbranched alkanes of at least 4 members (excludes halogenated alkanes) is 1. The predicted octanol–water partition coefficient (Wildman–Crippen LogP) is 2.14. The van der Waals surface area contributed by atoms with Crippen molar-refractivity contribution in [2.45, 2.75) is 26.2 Å². The summed E-state index contributed by atoms with van der Waals surface area (Å²) in [7, 11) is 0. The fraction of sp³-hybridized carbons (Fsp3) is 0.364. The van der Waals surface area contributed by atoms with Gasteiger partial charge in [0.25, 0.3) is 0 Å². The quantitative estimate of drug-likeness (QED) is 0.711. The average molecular weight is 210 g/mol. The number of hydrogen-bond donors (Lipinski definition) is 3.